The fourth-order valence-electron chi connectivity index (χ4n) is 0.560. The molecule has 3 heteroatoms. The summed E-state index contributed by atoms with van der Waals surface area (Å²) >= 11 is 2.33. The molecule has 0 heterocycles. The van der Waals surface area contributed by atoms with Crippen LogP contribution in [0.5, 0.6) is 0 Å². The molecule has 0 fully saturated rings. The SMILES string of the molecule is CCOCCOC(C)(C)CI. The van der Waals surface area contributed by atoms with Crippen LogP contribution in [-0.4, -0.2) is 29.8 Å². The molecule has 0 unspecified atom stereocenters. The van der Waals surface area contributed by atoms with E-state index in [4.69, 9.17) is 9.47 Å². The van der Waals surface area contributed by atoms with Crippen LogP contribution in [0.25, 0.3) is 0 Å². The Morgan fingerprint density at radius 2 is 1.91 bits per heavy atom. The molecule has 0 aliphatic rings. The van der Waals surface area contributed by atoms with Crippen molar-refractivity contribution in [1.82, 2.24) is 0 Å². The van der Waals surface area contributed by atoms with Crippen LogP contribution in [0.1, 0.15) is 20.8 Å². The number of alkyl halides is 1. The number of ether oxygens (including phenoxy) is 2. The normalized spacial score (nSPS) is 12.0. The summed E-state index contributed by atoms with van der Waals surface area (Å²) in [6, 6.07) is 0. The largest absolute Gasteiger partial charge is 0.379 e. The zero-order chi connectivity index (χ0) is 8.74. The summed E-state index contributed by atoms with van der Waals surface area (Å²) in [6.07, 6.45) is 0. The van der Waals surface area contributed by atoms with Crippen molar-refractivity contribution in [2.24, 2.45) is 0 Å². The fourth-order valence-corrected chi connectivity index (χ4v) is 0.780. The first-order chi connectivity index (χ1) is 5.12. The van der Waals surface area contributed by atoms with Crippen LogP contribution in [0.15, 0.2) is 0 Å². The van der Waals surface area contributed by atoms with E-state index in [0.717, 1.165) is 11.0 Å². The van der Waals surface area contributed by atoms with Crippen molar-refractivity contribution in [2.75, 3.05) is 24.2 Å². The minimum absolute atomic E-state index is 0.00232. The third-order valence-electron chi connectivity index (χ3n) is 1.25. The lowest BCUT2D eigenvalue weighted by atomic mass is 10.2. The van der Waals surface area contributed by atoms with Gasteiger partial charge in [-0.25, -0.2) is 0 Å². The fraction of sp³-hybridized carbons (Fsp3) is 1.00. The van der Waals surface area contributed by atoms with Gasteiger partial charge in [0.1, 0.15) is 0 Å². The summed E-state index contributed by atoms with van der Waals surface area (Å²) in [6.45, 7) is 8.34. The molecule has 0 amide bonds. The van der Waals surface area contributed by atoms with Crippen LogP contribution < -0.4 is 0 Å². The molecule has 0 spiro atoms. The Labute approximate surface area is 82.8 Å². The number of hydrogen-bond acceptors (Lipinski definition) is 2. The Balaban J connectivity index is 3.23. The molecular formula is C8H17IO2. The van der Waals surface area contributed by atoms with Crippen LogP contribution in [0.3, 0.4) is 0 Å². The van der Waals surface area contributed by atoms with Crippen LogP contribution in [0.4, 0.5) is 0 Å². The lowest BCUT2D eigenvalue weighted by Crippen LogP contribution is -2.27. The van der Waals surface area contributed by atoms with Gasteiger partial charge in [-0.2, -0.15) is 0 Å². The van der Waals surface area contributed by atoms with Crippen molar-refractivity contribution in [3.63, 3.8) is 0 Å². The number of rotatable bonds is 6. The van der Waals surface area contributed by atoms with Gasteiger partial charge in [0.15, 0.2) is 0 Å². The van der Waals surface area contributed by atoms with E-state index in [1.807, 2.05) is 6.92 Å². The number of halogens is 1. The topological polar surface area (TPSA) is 18.5 Å². The van der Waals surface area contributed by atoms with Crippen LogP contribution in [-0.2, 0) is 9.47 Å². The molecule has 11 heavy (non-hydrogen) atoms. The maximum Gasteiger partial charge on any atom is 0.0716 e. The smallest absolute Gasteiger partial charge is 0.0716 e. The van der Waals surface area contributed by atoms with E-state index in [0.29, 0.717) is 13.2 Å². The Morgan fingerprint density at radius 3 is 2.36 bits per heavy atom. The molecule has 0 atom stereocenters. The summed E-state index contributed by atoms with van der Waals surface area (Å²) in [4.78, 5) is 0. The van der Waals surface area contributed by atoms with Gasteiger partial charge in [0.05, 0.1) is 18.8 Å². The van der Waals surface area contributed by atoms with Crippen molar-refractivity contribution in [3.05, 3.63) is 0 Å². The Hall–Kier alpha value is 0.650. The second-order valence-corrected chi connectivity index (χ2v) is 3.70. The second kappa shape index (κ2) is 6.20. The molecule has 0 rings (SSSR count). The molecule has 0 saturated heterocycles. The first kappa shape index (κ1) is 11.6. The zero-order valence-corrected chi connectivity index (χ0v) is 9.68. The Kier molecular flexibility index (Phi) is 6.56. The first-order valence-electron chi connectivity index (χ1n) is 3.90. The van der Waals surface area contributed by atoms with Gasteiger partial charge >= 0.3 is 0 Å². The molecular weight excluding hydrogens is 255 g/mol. The third kappa shape index (κ3) is 7.03. The van der Waals surface area contributed by atoms with Crippen molar-refractivity contribution in [3.8, 4) is 0 Å². The highest BCUT2D eigenvalue weighted by atomic mass is 127. The summed E-state index contributed by atoms with van der Waals surface area (Å²) in [5.74, 6) is 0. The van der Waals surface area contributed by atoms with Crippen LogP contribution in [0.2, 0.25) is 0 Å². The van der Waals surface area contributed by atoms with Crippen molar-refractivity contribution in [2.45, 2.75) is 26.4 Å². The molecule has 0 aromatic carbocycles. The van der Waals surface area contributed by atoms with Gasteiger partial charge in [0.25, 0.3) is 0 Å². The maximum absolute atomic E-state index is 5.55. The van der Waals surface area contributed by atoms with E-state index < -0.39 is 0 Å². The summed E-state index contributed by atoms with van der Waals surface area (Å²) in [5.41, 5.74) is -0.00232. The van der Waals surface area contributed by atoms with E-state index >= 15 is 0 Å². The van der Waals surface area contributed by atoms with Crippen LogP contribution in [0, 0.1) is 0 Å². The van der Waals surface area contributed by atoms with Crippen molar-refractivity contribution >= 4 is 22.6 Å². The van der Waals surface area contributed by atoms with Crippen LogP contribution >= 0.6 is 22.6 Å². The van der Waals surface area contributed by atoms with Gasteiger partial charge in [0.2, 0.25) is 0 Å². The summed E-state index contributed by atoms with van der Waals surface area (Å²) in [5, 5.41) is 0. The Morgan fingerprint density at radius 1 is 1.27 bits per heavy atom. The molecule has 0 aliphatic heterocycles. The van der Waals surface area contributed by atoms with Gasteiger partial charge < -0.3 is 9.47 Å². The molecule has 0 bridgehead atoms. The van der Waals surface area contributed by atoms with Gasteiger partial charge in [-0.1, -0.05) is 22.6 Å². The summed E-state index contributed by atoms with van der Waals surface area (Å²) in [7, 11) is 0. The van der Waals surface area contributed by atoms with Gasteiger partial charge in [-0.15, -0.1) is 0 Å². The van der Waals surface area contributed by atoms with E-state index in [1.165, 1.54) is 0 Å². The van der Waals surface area contributed by atoms with Crippen molar-refractivity contribution < 1.29 is 9.47 Å². The van der Waals surface area contributed by atoms with E-state index in [2.05, 4.69) is 36.4 Å². The monoisotopic (exact) mass is 272 g/mol. The summed E-state index contributed by atoms with van der Waals surface area (Å²) < 4.78 is 11.7. The molecule has 2 nitrogen and oxygen atoms in total. The molecule has 0 radical (unpaired) electrons. The predicted octanol–water partition coefficient (Wildman–Crippen LogP) is 2.25. The highest BCUT2D eigenvalue weighted by Crippen LogP contribution is 2.11. The first-order valence-corrected chi connectivity index (χ1v) is 5.42. The zero-order valence-electron chi connectivity index (χ0n) is 7.52. The minimum atomic E-state index is -0.00232. The average molecular weight is 272 g/mol. The average Bonchev–Trinajstić information content (AvgIpc) is 1.99. The highest BCUT2D eigenvalue weighted by Gasteiger charge is 2.15. The van der Waals surface area contributed by atoms with Crippen molar-refractivity contribution in [1.29, 1.82) is 0 Å². The predicted molar refractivity (Wildman–Crippen MR) is 55.4 cm³/mol. The van der Waals surface area contributed by atoms with Gasteiger partial charge in [-0.05, 0) is 20.8 Å². The maximum atomic E-state index is 5.55. The molecule has 0 N–H and O–H groups in total. The number of hydrogen-bond donors (Lipinski definition) is 0. The third-order valence-corrected chi connectivity index (χ3v) is 3.08. The lowest BCUT2D eigenvalue weighted by Gasteiger charge is -2.22. The van der Waals surface area contributed by atoms with Gasteiger partial charge in [0, 0.05) is 11.0 Å². The lowest BCUT2D eigenvalue weighted by molar-refractivity contribution is -0.0286. The molecule has 0 aromatic rings. The molecule has 0 aromatic heterocycles. The van der Waals surface area contributed by atoms with Gasteiger partial charge in [-0.3, -0.25) is 0 Å². The standard InChI is InChI=1S/C8H17IO2/c1-4-10-5-6-11-8(2,3)7-9/h4-7H2,1-3H3. The molecule has 0 saturated carbocycles. The van der Waals surface area contributed by atoms with E-state index in [9.17, 15) is 0 Å². The molecule has 68 valence electrons. The quantitative estimate of drug-likeness (QED) is 0.419. The minimum Gasteiger partial charge on any atom is -0.379 e. The Bertz CT molecular complexity index is 94.1. The highest BCUT2D eigenvalue weighted by molar-refractivity contribution is 14.1. The molecule has 0 aliphatic carbocycles. The van der Waals surface area contributed by atoms with E-state index in [-0.39, 0.29) is 5.60 Å². The second-order valence-electron chi connectivity index (χ2n) is 2.94. The van der Waals surface area contributed by atoms with E-state index in [1.54, 1.807) is 0 Å².